The number of aromatic nitrogens is 1. The molecule has 1 aliphatic carbocycles. The lowest BCUT2D eigenvalue weighted by Gasteiger charge is -2.16. The predicted octanol–water partition coefficient (Wildman–Crippen LogP) is 3.75. The largest absolute Gasteiger partial charge is 0.361 e. The molecule has 1 aromatic heterocycles. The van der Waals surface area contributed by atoms with E-state index in [0.717, 1.165) is 24.8 Å². The molecule has 0 aliphatic heterocycles. The first-order chi connectivity index (χ1) is 12.6. The summed E-state index contributed by atoms with van der Waals surface area (Å²) in [5.74, 6) is 0.172. The third kappa shape index (κ3) is 3.69. The number of sulfonamides is 1. The third-order valence-corrected chi connectivity index (χ3v) is 6.78. The van der Waals surface area contributed by atoms with Crippen LogP contribution in [0, 0.1) is 0 Å². The first kappa shape index (κ1) is 17.3. The quantitative estimate of drug-likeness (QED) is 0.636. The first-order valence-electron chi connectivity index (χ1n) is 9.16. The lowest BCUT2D eigenvalue weighted by molar-refractivity contribution is 0.565. The van der Waals surface area contributed by atoms with E-state index in [-0.39, 0.29) is 11.2 Å². The number of hydrogen-bond acceptors (Lipinski definition) is 2. The van der Waals surface area contributed by atoms with Crippen molar-refractivity contribution in [3.8, 4) is 0 Å². The molecule has 5 heteroatoms. The molecule has 1 aliphatic rings. The fourth-order valence-electron chi connectivity index (χ4n) is 3.63. The van der Waals surface area contributed by atoms with Gasteiger partial charge in [-0.05, 0) is 42.9 Å². The van der Waals surface area contributed by atoms with Gasteiger partial charge in [-0.3, -0.25) is 0 Å². The fourth-order valence-corrected chi connectivity index (χ4v) is 4.80. The molecule has 0 spiro atoms. The second kappa shape index (κ2) is 6.89. The highest BCUT2D eigenvalue weighted by Crippen LogP contribution is 2.50. The van der Waals surface area contributed by atoms with Gasteiger partial charge in [0.15, 0.2) is 0 Å². The number of fused-ring (bicyclic) bond motifs is 1. The summed E-state index contributed by atoms with van der Waals surface area (Å²) in [6, 6.07) is 18.2. The molecular formula is C21H24N2O2S. The Morgan fingerprint density at radius 3 is 2.50 bits per heavy atom. The summed E-state index contributed by atoms with van der Waals surface area (Å²) in [5.41, 5.74) is 3.48. The van der Waals surface area contributed by atoms with E-state index in [9.17, 15) is 8.42 Å². The lowest BCUT2D eigenvalue weighted by Crippen LogP contribution is -2.34. The molecule has 0 amide bonds. The van der Waals surface area contributed by atoms with Crippen LogP contribution in [0.2, 0.25) is 0 Å². The Morgan fingerprint density at radius 1 is 1.00 bits per heavy atom. The van der Waals surface area contributed by atoms with Crippen LogP contribution in [0.1, 0.15) is 30.4 Å². The van der Waals surface area contributed by atoms with Crippen LogP contribution in [-0.2, 0) is 21.9 Å². The molecule has 2 N–H and O–H groups in total. The van der Waals surface area contributed by atoms with Gasteiger partial charge in [0.1, 0.15) is 0 Å². The molecular weight excluding hydrogens is 344 g/mol. The molecule has 0 bridgehead atoms. The van der Waals surface area contributed by atoms with Gasteiger partial charge in [0.25, 0.3) is 0 Å². The zero-order chi connectivity index (χ0) is 18.0. The fraction of sp³-hybridized carbons (Fsp3) is 0.333. The van der Waals surface area contributed by atoms with Crippen LogP contribution in [0.5, 0.6) is 0 Å². The maximum Gasteiger partial charge on any atom is 0.211 e. The number of rotatable bonds is 8. The Labute approximate surface area is 154 Å². The van der Waals surface area contributed by atoms with Crippen molar-refractivity contribution in [2.24, 2.45) is 0 Å². The van der Waals surface area contributed by atoms with Crippen molar-refractivity contribution in [1.82, 2.24) is 9.71 Å². The smallest absolute Gasteiger partial charge is 0.211 e. The van der Waals surface area contributed by atoms with Crippen LogP contribution in [0.15, 0.2) is 60.8 Å². The summed E-state index contributed by atoms with van der Waals surface area (Å²) < 4.78 is 27.7. The molecule has 26 heavy (non-hydrogen) atoms. The molecule has 0 saturated heterocycles. The van der Waals surface area contributed by atoms with Crippen molar-refractivity contribution in [2.45, 2.75) is 31.1 Å². The zero-order valence-electron chi connectivity index (χ0n) is 14.7. The molecule has 0 unspecified atom stereocenters. The Balaban J connectivity index is 1.37. The van der Waals surface area contributed by atoms with Crippen LogP contribution in [0.25, 0.3) is 10.9 Å². The number of nitrogens with one attached hydrogen (secondary N) is 2. The Kier molecular flexibility index (Phi) is 4.59. The van der Waals surface area contributed by atoms with E-state index < -0.39 is 10.0 Å². The van der Waals surface area contributed by atoms with Gasteiger partial charge in [0.2, 0.25) is 10.0 Å². The normalized spacial score (nSPS) is 16.0. The second-order valence-corrected chi connectivity index (χ2v) is 9.18. The van der Waals surface area contributed by atoms with E-state index >= 15 is 0 Å². The standard InChI is InChI=1S/C21H24N2O2S/c24-26(25,14-6-9-17-7-2-1-3-8-17)23-16-21(12-13-21)19-15-22-20-11-5-4-10-18(19)20/h1-5,7-8,10-11,15,22-23H,6,9,12-14,16H2. The average molecular weight is 369 g/mol. The third-order valence-electron chi connectivity index (χ3n) is 5.37. The van der Waals surface area contributed by atoms with Crippen molar-refractivity contribution in [3.05, 3.63) is 71.9 Å². The van der Waals surface area contributed by atoms with Gasteiger partial charge in [0.05, 0.1) is 5.75 Å². The van der Waals surface area contributed by atoms with Gasteiger partial charge < -0.3 is 4.98 Å². The Bertz CT molecular complexity index is 989. The van der Waals surface area contributed by atoms with Crippen LogP contribution >= 0.6 is 0 Å². The van der Waals surface area contributed by atoms with Gasteiger partial charge in [-0.15, -0.1) is 0 Å². The Hall–Kier alpha value is -2.11. The number of aryl methyl sites for hydroxylation is 1. The van der Waals surface area contributed by atoms with Gasteiger partial charge in [-0.1, -0.05) is 48.5 Å². The maximum atomic E-state index is 12.4. The van der Waals surface area contributed by atoms with Crippen molar-refractivity contribution in [1.29, 1.82) is 0 Å². The van der Waals surface area contributed by atoms with E-state index in [2.05, 4.69) is 21.8 Å². The number of H-pyrrole nitrogens is 1. The van der Waals surface area contributed by atoms with Gasteiger partial charge >= 0.3 is 0 Å². The topological polar surface area (TPSA) is 62.0 Å². The number of aromatic amines is 1. The van der Waals surface area contributed by atoms with E-state index in [4.69, 9.17) is 0 Å². The van der Waals surface area contributed by atoms with Crippen LogP contribution in [0.3, 0.4) is 0 Å². The monoisotopic (exact) mass is 368 g/mol. The highest BCUT2D eigenvalue weighted by Gasteiger charge is 2.46. The van der Waals surface area contributed by atoms with Gasteiger partial charge in [-0.25, -0.2) is 13.1 Å². The van der Waals surface area contributed by atoms with Crippen molar-refractivity contribution >= 4 is 20.9 Å². The molecule has 1 heterocycles. The molecule has 0 radical (unpaired) electrons. The molecule has 1 fully saturated rings. The van der Waals surface area contributed by atoms with E-state index in [1.807, 2.05) is 48.7 Å². The lowest BCUT2D eigenvalue weighted by atomic mass is 9.96. The summed E-state index contributed by atoms with van der Waals surface area (Å²) in [7, 11) is -3.25. The molecule has 1 saturated carbocycles. The van der Waals surface area contributed by atoms with Crippen LogP contribution in [-0.4, -0.2) is 25.7 Å². The summed E-state index contributed by atoms with van der Waals surface area (Å²) in [6.07, 6.45) is 5.53. The van der Waals surface area contributed by atoms with Crippen LogP contribution < -0.4 is 4.72 Å². The van der Waals surface area contributed by atoms with Gasteiger partial charge in [-0.2, -0.15) is 0 Å². The number of hydrogen-bond donors (Lipinski definition) is 2. The first-order valence-corrected chi connectivity index (χ1v) is 10.8. The summed E-state index contributed by atoms with van der Waals surface area (Å²) in [5, 5.41) is 1.20. The minimum atomic E-state index is -3.25. The van der Waals surface area contributed by atoms with E-state index in [0.29, 0.717) is 13.0 Å². The van der Waals surface area contributed by atoms with Crippen molar-refractivity contribution in [3.63, 3.8) is 0 Å². The highest BCUT2D eigenvalue weighted by molar-refractivity contribution is 7.89. The zero-order valence-corrected chi connectivity index (χ0v) is 15.6. The summed E-state index contributed by atoms with van der Waals surface area (Å²) in [6.45, 7) is 0.489. The maximum absolute atomic E-state index is 12.4. The average Bonchev–Trinajstić information content (AvgIpc) is 3.32. The molecule has 136 valence electrons. The predicted molar refractivity (Wildman–Crippen MR) is 106 cm³/mol. The number of para-hydroxylation sites is 1. The summed E-state index contributed by atoms with van der Waals surface area (Å²) >= 11 is 0. The number of benzene rings is 2. The minimum absolute atomic E-state index is 0.0495. The van der Waals surface area contributed by atoms with Crippen molar-refractivity contribution in [2.75, 3.05) is 12.3 Å². The molecule has 3 aromatic rings. The molecule has 2 aromatic carbocycles. The highest BCUT2D eigenvalue weighted by atomic mass is 32.2. The summed E-state index contributed by atoms with van der Waals surface area (Å²) in [4.78, 5) is 3.31. The SMILES string of the molecule is O=S(=O)(CCCc1ccccc1)NCC1(c2c[nH]c3ccccc23)CC1. The van der Waals surface area contributed by atoms with E-state index in [1.54, 1.807) is 0 Å². The van der Waals surface area contributed by atoms with Crippen LogP contribution in [0.4, 0.5) is 0 Å². The van der Waals surface area contributed by atoms with Crippen molar-refractivity contribution < 1.29 is 8.42 Å². The molecule has 4 nitrogen and oxygen atoms in total. The second-order valence-electron chi connectivity index (χ2n) is 7.26. The Morgan fingerprint density at radius 2 is 1.73 bits per heavy atom. The molecule has 4 rings (SSSR count). The molecule has 0 atom stereocenters. The minimum Gasteiger partial charge on any atom is -0.361 e. The van der Waals surface area contributed by atoms with E-state index in [1.165, 1.54) is 16.5 Å². The van der Waals surface area contributed by atoms with Gasteiger partial charge in [0, 0.05) is 29.1 Å².